The molecular formula is C13H11ClN2O4S. The first-order chi connectivity index (χ1) is 10.1. The molecule has 2 aliphatic rings. The number of ether oxygens (including phenoxy) is 2. The van der Waals surface area contributed by atoms with Gasteiger partial charge in [-0.25, -0.2) is 0 Å². The van der Waals surface area contributed by atoms with E-state index >= 15 is 0 Å². The maximum atomic E-state index is 12.1. The lowest BCUT2D eigenvalue weighted by Gasteiger charge is -2.09. The van der Waals surface area contributed by atoms with E-state index in [-0.39, 0.29) is 31.0 Å². The molecule has 110 valence electrons. The lowest BCUT2D eigenvalue weighted by Crippen LogP contribution is -2.33. The van der Waals surface area contributed by atoms with Gasteiger partial charge in [-0.15, -0.1) is 0 Å². The third-order valence-electron chi connectivity index (χ3n) is 2.97. The molecule has 2 heterocycles. The van der Waals surface area contributed by atoms with Crippen molar-refractivity contribution in [3.63, 3.8) is 0 Å². The normalized spacial score (nSPS) is 19.0. The molecule has 6 nitrogen and oxygen atoms in total. The standard InChI is InChI=1S/C13H11ClN2O4S/c14-8-3-7(4-9-11(8)20-6-19-9)5-10-12(17)16(2-1-15)13(18)21-10/h3-5H,1-2,6,15H2/b10-5-. The van der Waals surface area contributed by atoms with Gasteiger partial charge in [-0.2, -0.15) is 0 Å². The average molecular weight is 327 g/mol. The summed E-state index contributed by atoms with van der Waals surface area (Å²) in [5.41, 5.74) is 6.06. The molecule has 8 heteroatoms. The molecule has 0 aliphatic carbocycles. The minimum absolute atomic E-state index is 0.117. The molecule has 2 aliphatic heterocycles. The number of benzene rings is 1. The number of amides is 2. The lowest BCUT2D eigenvalue weighted by atomic mass is 10.2. The van der Waals surface area contributed by atoms with Crippen LogP contribution in [0.1, 0.15) is 5.56 Å². The van der Waals surface area contributed by atoms with E-state index in [1.807, 2.05) is 0 Å². The smallest absolute Gasteiger partial charge is 0.293 e. The Labute approximate surface area is 129 Å². The number of nitrogens with zero attached hydrogens (tertiary/aromatic N) is 1. The largest absolute Gasteiger partial charge is 0.454 e. The number of hydrogen-bond acceptors (Lipinski definition) is 6. The molecule has 2 amide bonds. The van der Waals surface area contributed by atoms with Crippen molar-refractivity contribution in [3.8, 4) is 11.5 Å². The van der Waals surface area contributed by atoms with Crippen LogP contribution in [0.25, 0.3) is 6.08 Å². The quantitative estimate of drug-likeness (QED) is 0.856. The maximum absolute atomic E-state index is 12.1. The highest BCUT2D eigenvalue weighted by molar-refractivity contribution is 8.18. The van der Waals surface area contributed by atoms with Crippen LogP contribution >= 0.6 is 23.4 Å². The fourth-order valence-electron chi connectivity index (χ4n) is 2.04. The number of fused-ring (bicyclic) bond motifs is 1. The number of rotatable bonds is 3. The van der Waals surface area contributed by atoms with Crippen LogP contribution in [0.5, 0.6) is 11.5 Å². The van der Waals surface area contributed by atoms with Crippen LogP contribution in [0, 0.1) is 0 Å². The van der Waals surface area contributed by atoms with Crippen molar-refractivity contribution in [2.75, 3.05) is 19.9 Å². The van der Waals surface area contributed by atoms with E-state index in [4.69, 9.17) is 26.8 Å². The molecule has 1 fully saturated rings. The van der Waals surface area contributed by atoms with Crippen molar-refractivity contribution >= 4 is 40.6 Å². The van der Waals surface area contributed by atoms with Crippen molar-refractivity contribution in [3.05, 3.63) is 27.6 Å². The maximum Gasteiger partial charge on any atom is 0.293 e. The molecular weight excluding hydrogens is 316 g/mol. The second kappa shape index (κ2) is 5.59. The van der Waals surface area contributed by atoms with E-state index in [0.717, 1.165) is 16.7 Å². The third-order valence-corrected chi connectivity index (χ3v) is 4.16. The molecule has 1 aromatic carbocycles. The van der Waals surface area contributed by atoms with Crippen LogP contribution in [-0.2, 0) is 4.79 Å². The Kier molecular flexibility index (Phi) is 3.79. The molecule has 0 aromatic heterocycles. The van der Waals surface area contributed by atoms with Gasteiger partial charge >= 0.3 is 0 Å². The SMILES string of the molecule is NCCN1C(=O)S/C(=C\c2cc(Cl)c3c(c2)OCO3)C1=O. The lowest BCUT2D eigenvalue weighted by molar-refractivity contribution is -0.122. The van der Waals surface area contributed by atoms with Crippen molar-refractivity contribution in [1.29, 1.82) is 0 Å². The summed E-state index contributed by atoms with van der Waals surface area (Å²) >= 11 is 6.97. The van der Waals surface area contributed by atoms with E-state index in [0.29, 0.717) is 27.0 Å². The van der Waals surface area contributed by atoms with E-state index in [9.17, 15) is 9.59 Å². The van der Waals surface area contributed by atoms with Gasteiger partial charge in [-0.3, -0.25) is 14.5 Å². The fraction of sp³-hybridized carbons (Fsp3) is 0.231. The minimum Gasteiger partial charge on any atom is -0.454 e. The first-order valence-corrected chi connectivity index (χ1v) is 7.34. The van der Waals surface area contributed by atoms with Gasteiger partial charge in [0.2, 0.25) is 6.79 Å². The number of thioether (sulfide) groups is 1. The topological polar surface area (TPSA) is 81.9 Å². The number of hydrogen-bond donors (Lipinski definition) is 1. The molecule has 0 spiro atoms. The Morgan fingerprint density at radius 1 is 1.38 bits per heavy atom. The highest BCUT2D eigenvalue weighted by atomic mass is 35.5. The van der Waals surface area contributed by atoms with Gasteiger partial charge in [0.1, 0.15) is 0 Å². The van der Waals surface area contributed by atoms with Crippen LogP contribution < -0.4 is 15.2 Å². The zero-order valence-corrected chi connectivity index (χ0v) is 12.4. The Bertz CT molecular complexity index is 662. The molecule has 3 rings (SSSR count). The van der Waals surface area contributed by atoms with Crippen LogP contribution in [0.15, 0.2) is 17.0 Å². The predicted octanol–water partition coefficient (Wildman–Crippen LogP) is 2.06. The van der Waals surface area contributed by atoms with E-state index in [2.05, 4.69) is 0 Å². The summed E-state index contributed by atoms with van der Waals surface area (Å²) in [7, 11) is 0. The summed E-state index contributed by atoms with van der Waals surface area (Å²) in [5, 5.41) is 0.0842. The molecule has 1 saturated heterocycles. The Balaban J connectivity index is 1.91. The van der Waals surface area contributed by atoms with Gasteiger partial charge < -0.3 is 15.2 Å². The fourth-order valence-corrected chi connectivity index (χ4v) is 3.18. The monoisotopic (exact) mass is 326 g/mol. The van der Waals surface area contributed by atoms with Crippen LogP contribution in [-0.4, -0.2) is 35.9 Å². The van der Waals surface area contributed by atoms with E-state index in [1.54, 1.807) is 18.2 Å². The van der Waals surface area contributed by atoms with Crippen molar-refractivity contribution in [2.45, 2.75) is 0 Å². The van der Waals surface area contributed by atoms with Gasteiger partial charge in [0.25, 0.3) is 11.1 Å². The number of carbonyl (C=O) groups is 2. The van der Waals surface area contributed by atoms with Gasteiger partial charge in [0.05, 0.1) is 9.93 Å². The summed E-state index contributed by atoms with van der Waals surface area (Å²) in [6, 6.07) is 3.37. The molecule has 0 atom stereocenters. The zero-order chi connectivity index (χ0) is 15.0. The van der Waals surface area contributed by atoms with Gasteiger partial charge in [0, 0.05) is 13.1 Å². The highest BCUT2D eigenvalue weighted by Gasteiger charge is 2.34. The van der Waals surface area contributed by atoms with Crippen LogP contribution in [0.4, 0.5) is 4.79 Å². The van der Waals surface area contributed by atoms with Crippen LogP contribution in [0.2, 0.25) is 5.02 Å². The highest BCUT2D eigenvalue weighted by Crippen LogP contribution is 2.41. The molecule has 0 radical (unpaired) electrons. The molecule has 0 bridgehead atoms. The van der Waals surface area contributed by atoms with E-state index in [1.165, 1.54) is 0 Å². The number of nitrogens with two attached hydrogens (primary N) is 1. The number of halogens is 1. The van der Waals surface area contributed by atoms with Gasteiger partial charge in [-0.05, 0) is 35.5 Å². The van der Waals surface area contributed by atoms with Gasteiger partial charge in [-0.1, -0.05) is 11.6 Å². The van der Waals surface area contributed by atoms with Crippen molar-refractivity contribution < 1.29 is 19.1 Å². The summed E-state index contributed by atoms with van der Waals surface area (Å²) in [4.78, 5) is 25.3. The summed E-state index contributed by atoms with van der Waals surface area (Å²) in [5.74, 6) is 0.671. The second-order valence-corrected chi connectivity index (χ2v) is 5.76. The molecule has 0 unspecified atom stereocenters. The Hall–Kier alpha value is -1.70. The average Bonchev–Trinajstić information content (AvgIpc) is 3.00. The predicted molar refractivity (Wildman–Crippen MR) is 79.3 cm³/mol. The number of imide groups is 1. The van der Waals surface area contributed by atoms with Crippen molar-refractivity contribution in [2.24, 2.45) is 5.73 Å². The second-order valence-electron chi connectivity index (χ2n) is 4.36. The molecule has 21 heavy (non-hydrogen) atoms. The van der Waals surface area contributed by atoms with Crippen molar-refractivity contribution in [1.82, 2.24) is 4.90 Å². The van der Waals surface area contributed by atoms with E-state index < -0.39 is 0 Å². The Morgan fingerprint density at radius 3 is 2.95 bits per heavy atom. The first-order valence-electron chi connectivity index (χ1n) is 6.14. The first kappa shape index (κ1) is 14.2. The molecule has 0 saturated carbocycles. The van der Waals surface area contributed by atoms with Gasteiger partial charge in [0.15, 0.2) is 11.5 Å². The zero-order valence-electron chi connectivity index (χ0n) is 10.8. The Morgan fingerprint density at radius 2 is 2.19 bits per heavy atom. The number of carbonyl (C=O) groups excluding carboxylic acids is 2. The molecule has 2 N–H and O–H groups in total. The third kappa shape index (κ3) is 2.59. The van der Waals surface area contributed by atoms with Crippen LogP contribution in [0.3, 0.4) is 0 Å². The minimum atomic E-state index is -0.343. The summed E-state index contributed by atoms with van der Waals surface area (Å²) in [6.07, 6.45) is 1.61. The summed E-state index contributed by atoms with van der Waals surface area (Å²) < 4.78 is 10.5. The molecule has 1 aromatic rings. The summed E-state index contributed by atoms with van der Waals surface area (Å²) in [6.45, 7) is 0.566.